The summed E-state index contributed by atoms with van der Waals surface area (Å²) in [5.41, 5.74) is 0.530. The number of hydrogen-bond donors (Lipinski definition) is 1. The third kappa shape index (κ3) is 4.14. The topological polar surface area (TPSA) is 15.3 Å². The molecular formula is C15H30N2S. The predicted octanol–water partition coefficient (Wildman–Crippen LogP) is 2.98. The Morgan fingerprint density at radius 2 is 2.22 bits per heavy atom. The number of nitrogens with zero attached hydrogens (tertiary/aromatic N) is 1. The molecule has 2 atom stereocenters. The van der Waals surface area contributed by atoms with E-state index in [1.54, 1.807) is 0 Å². The minimum absolute atomic E-state index is 0.530. The van der Waals surface area contributed by atoms with Gasteiger partial charge in [-0.2, -0.15) is 11.8 Å². The Hall–Kier alpha value is 0.270. The third-order valence-corrected chi connectivity index (χ3v) is 5.84. The van der Waals surface area contributed by atoms with Crippen molar-refractivity contribution >= 4 is 11.8 Å². The summed E-state index contributed by atoms with van der Waals surface area (Å²) in [4.78, 5) is 2.77. The van der Waals surface area contributed by atoms with Crippen LogP contribution in [0.5, 0.6) is 0 Å². The fraction of sp³-hybridized carbons (Fsp3) is 1.00. The molecule has 0 saturated carbocycles. The molecule has 2 heterocycles. The van der Waals surface area contributed by atoms with Crippen molar-refractivity contribution in [2.24, 2.45) is 5.41 Å². The van der Waals surface area contributed by atoms with Crippen LogP contribution in [0.15, 0.2) is 0 Å². The lowest BCUT2D eigenvalue weighted by molar-refractivity contribution is 0.148. The first-order chi connectivity index (χ1) is 8.61. The molecule has 0 aromatic carbocycles. The van der Waals surface area contributed by atoms with Gasteiger partial charge in [0.2, 0.25) is 0 Å². The molecule has 2 unspecified atom stereocenters. The van der Waals surface area contributed by atoms with Gasteiger partial charge in [0.05, 0.1) is 0 Å². The van der Waals surface area contributed by atoms with Crippen LogP contribution >= 0.6 is 11.8 Å². The van der Waals surface area contributed by atoms with E-state index < -0.39 is 0 Å². The summed E-state index contributed by atoms with van der Waals surface area (Å²) < 4.78 is 0. The van der Waals surface area contributed by atoms with Crippen molar-refractivity contribution in [1.29, 1.82) is 0 Å². The zero-order valence-corrected chi connectivity index (χ0v) is 13.2. The Labute approximate surface area is 117 Å². The van der Waals surface area contributed by atoms with E-state index in [4.69, 9.17) is 0 Å². The van der Waals surface area contributed by atoms with Gasteiger partial charge in [-0.1, -0.05) is 20.8 Å². The number of thioether (sulfide) groups is 1. The Kier molecular flexibility index (Phi) is 5.40. The van der Waals surface area contributed by atoms with Crippen molar-refractivity contribution in [1.82, 2.24) is 10.2 Å². The van der Waals surface area contributed by atoms with Crippen molar-refractivity contribution in [2.45, 2.75) is 58.5 Å². The highest BCUT2D eigenvalue weighted by atomic mass is 32.2. The Morgan fingerprint density at radius 1 is 1.39 bits per heavy atom. The van der Waals surface area contributed by atoms with E-state index >= 15 is 0 Å². The molecule has 2 aliphatic rings. The van der Waals surface area contributed by atoms with Gasteiger partial charge in [0.25, 0.3) is 0 Å². The quantitative estimate of drug-likeness (QED) is 0.827. The highest BCUT2D eigenvalue weighted by Crippen LogP contribution is 2.35. The van der Waals surface area contributed by atoms with Crippen LogP contribution in [0.3, 0.4) is 0 Å². The Morgan fingerprint density at radius 3 is 2.83 bits per heavy atom. The normalized spacial score (nSPS) is 32.0. The maximum Gasteiger partial charge on any atom is 0.0195 e. The second-order valence-electron chi connectivity index (χ2n) is 6.83. The average Bonchev–Trinajstić information content (AvgIpc) is 2.80. The Bertz CT molecular complexity index is 249. The van der Waals surface area contributed by atoms with E-state index in [1.165, 1.54) is 56.8 Å². The molecule has 0 aromatic rings. The summed E-state index contributed by atoms with van der Waals surface area (Å²) in [5.74, 6) is 2.68. The maximum atomic E-state index is 3.66. The number of hydrogen-bond acceptors (Lipinski definition) is 3. The summed E-state index contributed by atoms with van der Waals surface area (Å²) in [6.45, 7) is 11.0. The lowest BCUT2D eigenvalue weighted by atomic mass is 9.87. The van der Waals surface area contributed by atoms with Gasteiger partial charge in [-0.3, -0.25) is 4.90 Å². The highest BCUT2D eigenvalue weighted by Gasteiger charge is 2.32. The standard InChI is InChI=1S/C15H30N2S/c1-4-8-17(10-13-6-5-7-16-13)14-9-15(2,3)12-18-11-14/h13-14,16H,4-12H2,1-3H3. The van der Waals surface area contributed by atoms with E-state index in [9.17, 15) is 0 Å². The minimum atomic E-state index is 0.530. The molecule has 2 saturated heterocycles. The zero-order chi connectivity index (χ0) is 13.0. The van der Waals surface area contributed by atoms with Crippen molar-refractivity contribution in [2.75, 3.05) is 31.1 Å². The molecule has 0 aliphatic carbocycles. The molecule has 2 rings (SSSR count). The van der Waals surface area contributed by atoms with Gasteiger partial charge in [0.1, 0.15) is 0 Å². The summed E-state index contributed by atoms with van der Waals surface area (Å²) in [7, 11) is 0. The van der Waals surface area contributed by atoms with Gasteiger partial charge in [-0.05, 0) is 49.9 Å². The minimum Gasteiger partial charge on any atom is -0.313 e. The van der Waals surface area contributed by atoms with Crippen molar-refractivity contribution in [3.05, 3.63) is 0 Å². The largest absolute Gasteiger partial charge is 0.313 e. The number of rotatable bonds is 5. The fourth-order valence-corrected chi connectivity index (χ4v) is 4.76. The second-order valence-corrected chi connectivity index (χ2v) is 7.86. The van der Waals surface area contributed by atoms with E-state index in [1.807, 2.05) is 0 Å². The van der Waals surface area contributed by atoms with Gasteiger partial charge in [0, 0.05) is 24.4 Å². The van der Waals surface area contributed by atoms with Gasteiger partial charge >= 0.3 is 0 Å². The SMILES string of the molecule is CCCN(CC1CCCN1)C1CSCC(C)(C)C1. The van der Waals surface area contributed by atoms with Crippen LogP contribution in [0.1, 0.15) is 46.5 Å². The lowest BCUT2D eigenvalue weighted by Gasteiger charge is -2.41. The number of nitrogens with one attached hydrogen (secondary N) is 1. The highest BCUT2D eigenvalue weighted by molar-refractivity contribution is 7.99. The summed E-state index contributed by atoms with van der Waals surface area (Å²) >= 11 is 2.16. The van der Waals surface area contributed by atoms with Crippen LogP contribution in [0, 0.1) is 5.41 Å². The summed E-state index contributed by atoms with van der Waals surface area (Å²) in [5, 5.41) is 3.66. The van der Waals surface area contributed by atoms with E-state index in [2.05, 4.69) is 42.7 Å². The molecule has 2 fully saturated rings. The first-order valence-corrected chi connectivity index (χ1v) is 8.81. The van der Waals surface area contributed by atoms with Crippen molar-refractivity contribution < 1.29 is 0 Å². The molecule has 2 nitrogen and oxygen atoms in total. The summed E-state index contributed by atoms with van der Waals surface area (Å²) in [6.07, 6.45) is 5.42. The third-order valence-electron chi connectivity index (χ3n) is 4.24. The van der Waals surface area contributed by atoms with E-state index in [-0.39, 0.29) is 0 Å². The van der Waals surface area contributed by atoms with Crippen LogP contribution in [0.4, 0.5) is 0 Å². The molecule has 18 heavy (non-hydrogen) atoms. The zero-order valence-electron chi connectivity index (χ0n) is 12.4. The van der Waals surface area contributed by atoms with Crippen LogP contribution in [-0.4, -0.2) is 48.1 Å². The smallest absolute Gasteiger partial charge is 0.0195 e. The van der Waals surface area contributed by atoms with Gasteiger partial charge in [-0.15, -0.1) is 0 Å². The van der Waals surface area contributed by atoms with Crippen LogP contribution in [0.2, 0.25) is 0 Å². The molecule has 0 bridgehead atoms. The van der Waals surface area contributed by atoms with Crippen molar-refractivity contribution in [3.63, 3.8) is 0 Å². The molecule has 0 amide bonds. The lowest BCUT2D eigenvalue weighted by Crippen LogP contribution is -2.48. The van der Waals surface area contributed by atoms with Gasteiger partial charge in [0.15, 0.2) is 0 Å². The molecule has 0 radical (unpaired) electrons. The molecule has 2 aliphatic heterocycles. The van der Waals surface area contributed by atoms with Gasteiger partial charge < -0.3 is 5.32 Å². The average molecular weight is 270 g/mol. The monoisotopic (exact) mass is 270 g/mol. The van der Waals surface area contributed by atoms with E-state index in [0.717, 1.165) is 12.1 Å². The summed E-state index contributed by atoms with van der Waals surface area (Å²) in [6, 6.07) is 1.56. The van der Waals surface area contributed by atoms with Crippen molar-refractivity contribution in [3.8, 4) is 0 Å². The van der Waals surface area contributed by atoms with Crippen LogP contribution < -0.4 is 5.32 Å². The first kappa shape index (κ1) is 14.7. The maximum absolute atomic E-state index is 3.66. The van der Waals surface area contributed by atoms with E-state index in [0.29, 0.717) is 5.41 Å². The predicted molar refractivity (Wildman–Crippen MR) is 82.4 cm³/mol. The molecule has 106 valence electrons. The van der Waals surface area contributed by atoms with Gasteiger partial charge in [-0.25, -0.2) is 0 Å². The molecule has 1 N–H and O–H groups in total. The molecular weight excluding hydrogens is 240 g/mol. The molecule has 0 aromatic heterocycles. The second kappa shape index (κ2) is 6.62. The Balaban J connectivity index is 1.90. The molecule has 3 heteroatoms. The fourth-order valence-electron chi connectivity index (χ4n) is 3.37. The van der Waals surface area contributed by atoms with Crippen LogP contribution in [0.25, 0.3) is 0 Å². The first-order valence-electron chi connectivity index (χ1n) is 7.66. The molecule has 0 spiro atoms. The van der Waals surface area contributed by atoms with Crippen LogP contribution in [-0.2, 0) is 0 Å².